The van der Waals surface area contributed by atoms with Gasteiger partial charge in [-0.3, -0.25) is 14.4 Å². The summed E-state index contributed by atoms with van der Waals surface area (Å²) < 4.78 is 0. The second-order valence-electron chi connectivity index (χ2n) is 9.54. The van der Waals surface area contributed by atoms with Crippen LogP contribution in [-0.2, 0) is 9.59 Å². The van der Waals surface area contributed by atoms with E-state index >= 15 is 0 Å². The molecule has 172 valence electrons. The van der Waals surface area contributed by atoms with Crippen LogP contribution in [0.15, 0.2) is 48.5 Å². The number of fused-ring (bicyclic) bond motifs is 1. The van der Waals surface area contributed by atoms with Gasteiger partial charge in [0, 0.05) is 38.0 Å². The van der Waals surface area contributed by atoms with E-state index in [0.717, 1.165) is 29.5 Å². The highest BCUT2D eigenvalue weighted by atomic mass is 16.3. The molecule has 3 fully saturated rings. The van der Waals surface area contributed by atoms with Crippen molar-refractivity contribution in [3.8, 4) is 11.1 Å². The number of carbonyl (C=O) groups is 3. The van der Waals surface area contributed by atoms with Gasteiger partial charge in [-0.1, -0.05) is 36.4 Å². The number of piperazine rings is 1. The van der Waals surface area contributed by atoms with E-state index in [4.69, 9.17) is 0 Å². The molecule has 7 heteroatoms. The van der Waals surface area contributed by atoms with Gasteiger partial charge in [0.1, 0.15) is 0 Å². The van der Waals surface area contributed by atoms with E-state index in [-0.39, 0.29) is 54.8 Å². The summed E-state index contributed by atoms with van der Waals surface area (Å²) in [6.07, 6.45) is 1.84. The lowest BCUT2D eigenvalue weighted by molar-refractivity contribution is -0.167. The topological polar surface area (TPSA) is 81.2 Å². The number of amides is 3. The third-order valence-electron chi connectivity index (χ3n) is 7.14. The lowest BCUT2D eigenvalue weighted by Gasteiger charge is -2.58. The quantitative estimate of drug-likeness (QED) is 0.760. The molecule has 0 radical (unpaired) electrons. The van der Waals surface area contributed by atoms with Crippen LogP contribution in [0.25, 0.3) is 11.1 Å². The lowest BCUT2D eigenvalue weighted by Crippen LogP contribution is -2.73. The normalized spacial score (nSPS) is 24.2. The summed E-state index contributed by atoms with van der Waals surface area (Å²) in [6, 6.07) is 15.3. The van der Waals surface area contributed by atoms with Crippen molar-refractivity contribution in [2.45, 2.75) is 30.8 Å². The first-order chi connectivity index (χ1) is 15.9. The summed E-state index contributed by atoms with van der Waals surface area (Å²) in [4.78, 5) is 42.6. The molecule has 0 unspecified atom stereocenters. The fourth-order valence-corrected chi connectivity index (χ4v) is 5.24. The molecule has 0 bridgehead atoms. The Balaban J connectivity index is 1.37. The standard InChI is InChI=1S/C26H29N3O4/c1-27(2)25(32)20-5-3-4-19(12-20)16-6-8-17(9-7-16)24-21-13-28(26(33)18-10-11-18)14-23(31)29(21)22(24)15-30/h3-9,12,18,21-22,24,30H,10-11,13-15H2,1-2H3/t21-,22-,24+/m1/s1. The van der Waals surface area contributed by atoms with Crippen molar-refractivity contribution in [1.29, 1.82) is 0 Å². The third kappa shape index (κ3) is 3.80. The van der Waals surface area contributed by atoms with Gasteiger partial charge < -0.3 is 19.8 Å². The number of carbonyl (C=O) groups excluding carboxylic acids is 3. The van der Waals surface area contributed by atoms with Crippen molar-refractivity contribution in [3.63, 3.8) is 0 Å². The Morgan fingerprint density at radius 3 is 2.42 bits per heavy atom. The molecular weight excluding hydrogens is 418 g/mol. The van der Waals surface area contributed by atoms with Crippen LogP contribution in [0.2, 0.25) is 0 Å². The Hall–Kier alpha value is -3.19. The van der Waals surface area contributed by atoms with Gasteiger partial charge in [-0.15, -0.1) is 0 Å². The van der Waals surface area contributed by atoms with Crippen LogP contribution in [0.4, 0.5) is 0 Å². The van der Waals surface area contributed by atoms with E-state index in [2.05, 4.69) is 0 Å². The highest BCUT2D eigenvalue weighted by Gasteiger charge is 2.55. The van der Waals surface area contributed by atoms with E-state index < -0.39 is 0 Å². The second-order valence-corrected chi connectivity index (χ2v) is 9.54. The largest absolute Gasteiger partial charge is 0.394 e. The fraction of sp³-hybridized carbons (Fsp3) is 0.423. The minimum Gasteiger partial charge on any atom is -0.394 e. The van der Waals surface area contributed by atoms with Crippen molar-refractivity contribution in [2.75, 3.05) is 33.8 Å². The van der Waals surface area contributed by atoms with Gasteiger partial charge in [0.05, 0.1) is 25.2 Å². The molecule has 5 rings (SSSR count). The van der Waals surface area contributed by atoms with Crippen LogP contribution in [0.1, 0.15) is 34.7 Å². The molecule has 0 spiro atoms. The van der Waals surface area contributed by atoms with Gasteiger partial charge >= 0.3 is 0 Å². The maximum Gasteiger partial charge on any atom is 0.253 e. The molecule has 1 N–H and O–H groups in total. The SMILES string of the molecule is CN(C)C(=O)c1cccc(-c2ccc([C@@H]3[C@@H](CO)N4C(=O)CN(C(=O)C5CC5)C[C@H]34)cc2)c1. The van der Waals surface area contributed by atoms with Crippen LogP contribution in [0, 0.1) is 5.92 Å². The first-order valence-electron chi connectivity index (χ1n) is 11.5. The first-order valence-corrected chi connectivity index (χ1v) is 11.5. The van der Waals surface area contributed by atoms with Crippen LogP contribution in [0.3, 0.4) is 0 Å². The van der Waals surface area contributed by atoms with Gasteiger partial charge in [0.25, 0.3) is 5.91 Å². The van der Waals surface area contributed by atoms with E-state index in [1.165, 1.54) is 0 Å². The zero-order chi connectivity index (χ0) is 23.3. The van der Waals surface area contributed by atoms with Crippen LogP contribution < -0.4 is 0 Å². The minimum atomic E-state index is -0.257. The predicted octanol–water partition coefficient (Wildman–Crippen LogP) is 1.96. The lowest BCUT2D eigenvalue weighted by atomic mass is 9.73. The van der Waals surface area contributed by atoms with Crippen LogP contribution in [0.5, 0.6) is 0 Å². The molecule has 3 amide bonds. The summed E-state index contributed by atoms with van der Waals surface area (Å²) in [5.41, 5.74) is 3.64. The van der Waals surface area contributed by atoms with E-state index in [1.54, 1.807) is 28.8 Å². The maximum atomic E-state index is 12.7. The van der Waals surface area contributed by atoms with Gasteiger partial charge in [-0.05, 0) is 41.7 Å². The second kappa shape index (κ2) is 8.30. The number of rotatable bonds is 5. The van der Waals surface area contributed by atoms with Crippen LogP contribution in [-0.4, -0.2) is 83.4 Å². The molecule has 7 nitrogen and oxygen atoms in total. The zero-order valence-corrected chi connectivity index (χ0v) is 19.0. The summed E-state index contributed by atoms with van der Waals surface area (Å²) >= 11 is 0. The minimum absolute atomic E-state index is 0.00976. The van der Waals surface area contributed by atoms with Crippen molar-refractivity contribution >= 4 is 17.7 Å². The van der Waals surface area contributed by atoms with Gasteiger partial charge in [0.2, 0.25) is 11.8 Å². The zero-order valence-electron chi connectivity index (χ0n) is 19.0. The summed E-state index contributed by atoms with van der Waals surface area (Å²) in [5, 5.41) is 10.00. The number of hydrogen-bond donors (Lipinski definition) is 1. The third-order valence-corrected chi connectivity index (χ3v) is 7.14. The number of hydrogen-bond acceptors (Lipinski definition) is 4. The highest BCUT2D eigenvalue weighted by Crippen LogP contribution is 2.44. The Morgan fingerprint density at radius 2 is 1.79 bits per heavy atom. The smallest absolute Gasteiger partial charge is 0.253 e. The molecule has 3 aliphatic rings. The van der Waals surface area contributed by atoms with E-state index in [1.807, 2.05) is 48.5 Å². The number of aliphatic hydroxyl groups excluding tert-OH is 1. The average Bonchev–Trinajstić information content (AvgIpc) is 3.65. The maximum absolute atomic E-state index is 12.7. The first kappa shape index (κ1) is 21.6. The van der Waals surface area contributed by atoms with Gasteiger partial charge in [-0.25, -0.2) is 0 Å². The molecule has 1 saturated carbocycles. The Bertz CT molecular complexity index is 1090. The van der Waals surface area contributed by atoms with Crippen molar-refractivity contribution < 1.29 is 19.5 Å². The van der Waals surface area contributed by atoms with Crippen molar-refractivity contribution in [2.24, 2.45) is 5.92 Å². The van der Waals surface area contributed by atoms with Crippen molar-refractivity contribution in [1.82, 2.24) is 14.7 Å². The summed E-state index contributed by atoms with van der Waals surface area (Å²) in [7, 11) is 3.47. The van der Waals surface area contributed by atoms with Gasteiger partial charge in [0.15, 0.2) is 0 Å². The summed E-state index contributed by atoms with van der Waals surface area (Å²) in [5.74, 6) is 0.0581. The molecule has 0 aromatic heterocycles. The molecule has 33 heavy (non-hydrogen) atoms. The molecule has 3 atom stereocenters. The monoisotopic (exact) mass is 447 g/mol. The average molecular weight is 448 g/mol. The molecule has 2 saturated heterocycles. The Morgan fingerprint density at radius 1 is 1.06 bits per heavy atom. The molecule has 2 aromatic rings. The number of benzene rings is 2. The predicted molar refractivity (Wildman–Crippen MR) is 123 cm³/mol. The molecule has 2 heterocycles. The van der Waals surface area contributed by atoms with Gasteiger partial charge in [-0.2, -0.15) is 0 Å². The molecule has 2 aromatic carbocycles. The molecule has 1 aliphatic carbocycles. The molecule has 2 aliphatic heterocycles. The van der Waals surface area contributed by atoms with E-state index in [9.17, 15) is 19.5 Å². The van der Waals surface area contributed by atoms with Crippen LogP contribution >= 0.6 is 0 Å². The fourth-order valence-electron chi connectivity index (χ4n) is 5.24. The highest BCUT2D eigenvalue weighted by molar-refractivity contribution is 5.95. The molecular formula is C26H29N3O4. The Labute approximate surface area is 193 Å². The Kier molecular flexibility index (Phi) is 5.44. The summed E-state index contributed by atoms with van der Waals surface area (Å²) in [6.45, 7) is 0.550. The van der Waals surface area contributed by atoms with Crippen molar-refractivity contribution in [3.05, 3.63) is 59.7 Å². The van der Waals surface area contributed by atoms with E-state index in [0.29, 0.717) is 12.1 Å². The number of aliphatic hydroxyl groups is 1. The number of nitrogens with zero attached hydrogens (tertiary/aromatic N) is 3.